The van der Waals surface area contributed by atoms with E-state index < -0.39 is 6.10 Å². The third kappa shape index (κ3) is 5.02. The number of benzene rings is 1. The molecule has 1 aromatic rings. The van der Waals surface area contributed by atoms with Crippen molar-refractivity contribution in [3.8, 4) is 5.75 Å². The van der Waals surface area contributed by atoms with Gasteiger partial charge in [-0.3, -0.25) is 0 Å². The molecule has 0 fully saturated rings. The van der Waals surface area contributed by atoms with Crippen LogP contribution in [0.4, 0.5) is 0 Å². The highest BCUT2D eigenvalue weighted by atomic mass is 16.5. The molecule has 0 aliphatic carbocycles. The monoisotopic (exact) mass is 235 g/mol. The zero-order valence-electron chi connectivity index (χ0n) is 10.7. The highest BCUT2D eigenvalue weighted by Gasteiger charge is 2.07. The van der Waals surface area contributed by atoms with Crippen LogP contribution in [0.25, 0.3) is 0 Å². The van der Waals surface area contributed by atoms with Crippen LogP contribution >= 0.6 is 0 Å². The molecule has 0 bridgehead atoms. The first-order chi connectivity index (χ1) is 8.13. The maximum atomic E-state index is 9.97. The first kappa shape index (κ1) is 13.7. The third-order valence-electron chi connectivity index (χ3n) is 2.47. The van der Waals surface area contributed by atoms with Gasteiger partial charge in [-0.1, -0.05) is 23.8 Å². The van der Waals surface area contributed by atoms with Crippen molar-refractivity contribution in [3.05, 3.63) is 41.5 Å². The first-order valence-corrected chi connectivity index (χ1v) is 5.79. The summed E-state index contributed by atoms with van der Waals surface area (Å²) in [4.78, 5) is 0. The maximum Gasteiger partial charge on any atom is 0.119 e. The van der Waals surface area contributed by atoms with E-state index in [1.807, 2.05) is 24.3 Å². The fourth-order valence-electron chi connectivity index (χ4n) is 1.46. The summed E-state index contributed by atoms with van der Waals surface area (Å²) in [6.45, 7) is 5.43. The second-order valence-corrected chi connectivity index (χ2v) is 4.23. The van der Waals surface area contributed by atoms with Crippen molar-refractivity contribution in [2.75, 3.05) is 20.2 Å². The summed E-state index contributed by atoms with van der Waals surface area (Å²) in [6.07, 6.45) is 1.59. The number of nitrogens with one attached hydrogen (secondary N) is 1. The van der Waals surface area contributed by atoms with Gasteiger partial charge in [0.1, 0.15) is 5.75 Å². The number of hydrogen-bond acceptors (Lipinski definition) is 3. The van der Waals surface area contributed by atoms with Gasteiger partial charge >= 0.3 is 0 Å². The van der Waals surface area contributed by atoms with Crippen molar-refractivity contribution >= 4 is 0 Å². The van der Waals surface area contributed by atoms with E-state index in [2.05, 4.69) is 25.2 Å². The Hall–Kier alpha value is -1.32. The summed E-state index contributed by atoms with van der Waals surface area (Å²) in [7, 11) is 1.62. The molecule has 0 aromatic heterocycles. The predicted octanol–water partition coefficient (Wildman–Crippen LogP) is 2.28. The van der Waals surface area contributed by atoms with Gasteiger partial charge in [0, 0.05) is 13.1 Å². The molecule has 0 radical (unpaired) electrons. The molecule has 17 heavy (non-hydrogen) atoms. The van der Waals surface area contributed by atoms with E-state index in [1.54, 1.807) is 7.11 Å². The van der Waals surface area contributed by atoms with Crippen LogP contribution in [0.3, 0.4) is 0 Å². The lowest BCUT2D eigenvalue weighted by molar-refractivity contribution is 0.176. The molecular weight excluding hydrogens is 214 g/mol. The molecule has 0 spiro atoms. The zero-order chi connectivity index (χ0) is 12.7. The average molecular weight is 235 g/mol. The van der Waals surface area contributed by atoms with E-state index in [4.69, 9.17) is 4.74 Å². The topological polar surface area (TPSA) is 41.5 Å². The fourth-order valence-corrected chi connectivity index (χ4v) is 1.46. The molecule has 0 saturated heterocycles. The summed E-state index contributed by atoms with van der Waals surface area (Å²) >= 11 is 0. The molecule has 3 heteroatoms. The molecule has 1 unspecified atom stereocenters. The number of rotatable bonds is 6. The zero-order valence-corrected chi connectivity index (χ0v) is 10.7. The summed E-state index contributed by atoms with van der Waals surface area (Å²) < 4.78 is 5.12. The molecular formula is C14H21NO2. The van der Waals surface area contributed by atoms with E-state index in [9.17, 15) is 5.11 Å². The summed E-state index contributed by atoms with van der Waals surface area (Å²) in [6, 6.07) is 7.50. The molecule has 0 amide bonds. The number of hydrogen-bond donors (Lipinski definition) is 2. The number of aliphatic hydroxyl groups excluding tert-OH is 1. The van der Waals surface area contributed by atoms with Gasteiger partial charge in [0.2, 0.25) is 0 Å². The molecule has 0 aliphatic rings. The van der Waals surface area contributed by atoms with Crippen LogP contribution in [0.2, 0.25) is 0 Å². The lowest BCUT2D eigenvalue weighted by Gasteiger charge is -2.12. The van der Waals surface area contributed by atoms with Gasteiger partial charge in [0.05, 0.1) is 13.2 Å². The van der Waals surface area contributed by atoms with Crippen molar-refractivity contribution in [3.63, 3.8) is 0 Å². The van der Waals surface area contributed by atoms with Crippen LogP contribution in [-0.4, -0.2) is 25.3 Å². The fraction of sp³-hybridized carbons (Fsp3) is 0.429. The van der Waals surface area contributed by atoms with Crippen molar-refractivity contribution in [1.82, 2.24) is 5.32 Å². The van der Waals surface area contributed by atoms with Gasteiger partial charge in [-0.2, -0.15) is 0 Å². The Kier molecular flexibility index (Phi) is 5.73. The first-order valence-electron chi connectivity index (χ1n) is 5.79. The van der Waals surface area contributed by atoms with Gasteiger partial charge < -0.3 is 15.2 Å². The standard InChI is InChI=1S/C14H21NO2/c1-11(2)7-8-15-10-14(16)12-5-4-6-13(9-12)17-3/h4-7,9,14-16H,8,10H2,1-3H3. The predicted molar refractivity (Wildman–Crippen MR) is 70.3 cm³/mol. The minimum Gasteiger partial charge on any atom is -0.497 e. The van der Waals surface area contributed by atoms with Crippen molar-refractivity contribution in [2.45, 2.75) is 20.0 Å². The lowest BCUT2D eigenvalue weighted by atomic mass is 10.1. The largest absolute Gasteiger partial charge is 0.497 e. The third-order valence-corrected chi connectivity index (χ3v) is 2.47. The van der Waals surface area contributed by atoms with Gasteiger partial charge in [-0.15, -0.1) is 0 Å². The van der Waals surface area contributed by atoms with Crippen LogP contribution in [0, 0.1) is 0 Å². The number of methoxy groups -OCH3 is 1. The summed E-state index contributed by atoms with van der Waals surface area (Å²) in [5.41, 5.74) is 2.14. The number of aliphatic hydroxyl groups is 1. The minimum absolute atomic E-state index is 0.504. The molecule has 0 heterocycles. The average Bonchev–Trinajstić information content (AvgIpc) is 2.34. The second-order valence-electron chi connectivity index (χ2n) is 4.23. The molecule has 2 N–H and O–H groups in total. The van der Waals surface area contributed by atoms with Crippen molar-refractivity contribution < 1.29 is 9.84 Å². The number of ether oxygens (including phenoxy) is 1. The molecule has 1 atom stereocenters. The molecule has 94 valence electrons. The normalized spacial score (nSPS) is 12.0. The number of allylic oxidation sites excluding steroid dienone is 1. The van der Waals surface area contributed by atoms with Crippen LogP contribution in [0.5, 0.6) is 5.75 Å². The second kappa shape index (κ2) is 7.09. The quantitative estimate of drug-likeness (QED) is 0.587. The summed E-state index contributed by atoms with van der Waals surface area (Å²) in [5, 5.41) is 13.2. The SMILES string of the molecule is COc1cccc(C(O)CNCC=C(C)C)c1. The lowest BCUT2D eigenvalue weighted by Crippen LogP contribution is -2.21. The van der Waals surface area contributed by atoms with E-state index in [-0.39, 0.29) is 0 Å². The Labute approximate surface area is 103 Å². The van der Waals surface area contributed by atoms with Gasteiger partial charge in [0.25, 0.3) is 0 Å². The molecule has 3 nitrogen and oxygen atoms in total. The van der Waals surface area contributed by atoms with E-state index in [0.717, 1.165) is 17.9 Å². The van der Waals surface area contributed by atoms with E-state index >= 15 is 0 Å². The Morgan fingerprint density at radius 2 is 2.24 bits per heavy atom. The van der Waals surface area contributed by atoms with Crippen LogP contribution in [-0.2, 0) is 0 Å². The van der Waals surface area contributed by atoms with Gasteiger partial charge in [-0.25, -0.2) is 0 Å². The van der Waals surface area contributed by atoms with Crippen molar-refractivity contribution in [2.24, 2.45) is 0 Å². The molecule has 0 aliphatic heterocycles. The van der Waals surface area contributed by atoms with Gasteiger partial charge in [0.15, 0.2) is 0 Å². The van der Waals surface area contributed by atoms with Gasteiger partial charge in [-0.05, 0) is 31.5 Å². The van der Waals surface area contributed by atoms with E-state index in [1.165, 1.54) is 5.57 Å². The Bertz CT molecular complexity index is 370. The van der Waals surface area contributed by atoms with Crippen LogP contribution in [0.1, 0.15) is 25.5 Å². The summed E-state index contributed by atoms with van der Waals surface area (Å²) in [5.74, 6) is 0.769. The minimum atomic E-state index is -0.504. The maximum absolute atomic E-state index is 9.97. The molecule has 1 aromatic carbocycles. The Morgan fingerprint density at radius 3 is 2.88 bits per heavy atom. The molecule has 0 saturated carbocycles. The smallest absolute Gasteiger partial charge is 0.119 e. The molecule has 1 rings (SSSR count). The highest BCUT2D eigenvalue weighted by Crippen LogP contribution is 2.18. The Balaban J connectivity index is 2.46. The highest BCUT2D eigenvalue weighted by molar-refractivity contribution is 5.29. The van der Waals surface area contributed by atoms with Crippen LogP contribution in [0.15, 0.2) is 35.9 Å². The van der Waals surface area contributed by atoms with E-state index in [0.29, 0.717) is 6.54 Å². The van der Waals surface area contributed by atoms with Crippen molar-refractivity contribution in [1.29, 1.82) is 0 Å². The van der Waals surface area contributed by atoms with Crippen LogP contribution < -0.4 is 10.1 Å². The Morgan fingerprint density at radius 1 is 1.47 bits per heavy atom.